The average molecular weight is 485 g/mol. The molecule has 0 bridgehead atoms. The quantitative estimate of drug-likeness (QED) is 0.166. The molecule has 0 heterocycles. The summed E-state index contributed by atoms with van der Waals surface area (Å²) >= 11 is 0. The van der Waals surface area contributed by atoms with Crippen LogP contribution in [0.15, 0.2) is 84.0 Å². The lowest BCUT2D eigenvalue weighted by molar-refractivity contribution is 0.0734. The molecule has 0 aliphatic heterocycles. The Bertz CT molecular complexity index is 1450. The molecular weight excluding hydrogens is 460 g/mol. The fraction of sp³-hybridized carbons (Fsp3) is 0.107. The summed E-state index contributed by atoms with van der Waals surface area (Å²) in [5, 5.41) is 5.84. The van der Waals surface area contributed by atoms with Crippen molar-refractivity contribution < 1.29 is 28.5 Å². The number of methoxy groups -OCH3 is 3. The van der Waals surface area contributed by atoms with Crippen molar-refractivity contribution >= 4 is 28.9 Å². The number of amides is 1. The lowest BCUT2D eigenvalue weighted by Gasteiger charge is -2.12. The van der Waals surface area contributed by atoms with Crippen molar-refractivity contribution in [3.8, 4) is 23.0 Å². The monoisotopic (exact) mass is 484 g/mol. The number of esters is 1. The molecule has 4 rings (SSSR count). The second-order valence-electron chi connectivity index (χ2n) is 7.56. The maximum atomic E-state index is 13.0. The van der Waals surface area contributed by atoms with E-state index in [1.54, 1.807) is 48.5 Å². The first-order valence-corrected chi connectivity index (χ1v) is 11.0. The van der Waals surface area contributed by atoms with Gasteiger partial charge in [-0.15, -0.1) is 0 Å². The molecule has 0 unspecified atom stereocenters. The maximum Gasteiger partial charge on any atom is 0.343 e. The van der Waals surface area contributed by atoms with Gasteiger partial charge in [-0.25, -0.2) is 10.2 Å². The first-order chi connectivity index (χ1) is 17.5. The number of nitrogens with zero attached hydrogens (tertiary/aromatic N) is 1. The van der Waals surface area contributed by atoms with E-state index >= 15 is 0 Å². The summed E-state index contributed by atoms with van der Waals surface area (Å²) in [6.45, 7) is 0. The van der Waals surface area contributed by atoms with Gasteiger partial charge in [-0.2, -0.15) is 5.10 Å². The molecule has 182 valence electrons. The average Bonchev–Trinajstić information content (AvgIpc) is 2.93. The fourth-order valence-electron chi connectivity index (χ4n) is 3.67. The predicted molar refractivity (Wildman–Crippen MR) is 137 cm³/mol. The Morgan fingerprint density at radius 2 is 1.44 bits per heavy atom. The molecule has 8 heteroatoms. The van der Waals surface area contributed by atoms with Gasteiger partial charge in [-0.1, -0.05) is 42.5 Å². The Morgan fingerprint density at radius 1 is 0.750 bits per heavy atom. The smallest absolute Gasteiger partial charge is 0.343 e. The molecule has 0 saturated carbocycles. The third-order valence-electron chi connectivity index (χ3n) is 5.46. The molecule has 36 heavy (non-hydrogen) atoms. The van der Waals surface area contributed by atoms with E-state index in [9.17, 15) is 9.59 Å². The summed E-state index contributed by atoms with van der Waals surface area (Å²) in [5.74, 6) is 0.597. The number of fused-ring (bicyclic) bond motifs is 1. The molecule has 0 aromatic heterocycles. The van der Waals surface area contributed by atoms with E-state index in [2.05, 4.69) is 10.5 Å². The largest absolute Gasteiger partial charge is 0.496 e. The van der Waals surface area contributed by atoms with Gasteiger partial charge in [0.2, 0.25) is 0 Å². The van der Waals surface area contributed by atoms with Crippen molar-refractivity contribution in [2.45, 2.75) is 0 Å². The first-order valence-electron chi connectivity index (χ1n) is 11.0. The highest BCUT2D eigenvalue weighted by molar-refractivity contribution is 6.04. The Kier molecular flexibility index (Phi) is 7.45. The number of para-hydroxylation sites is 1. The van der Waals surface area contributed by atoms with Gasteiger partial charge >= 0.3 is 5.97 Å². The molecule has 0 aliphatic carbocycles. The van der Waals surface area contributed by atoms with E-state index in [0.29, 0.717) is 28.4 Å². The number of carbonyl (C=O) groups excluding carboxylic acids is 2. The van der Waals surface area contributed by atoms with Gasteiger partial charge in [0.15, 0.2) is 11.5 Å². The predicted octanol–water partition coefficient (Wildman–Crippen LogP) is 4.85. The lowest BCUT2D eigenvalue weighted by Crippen LogP contribution is -2.18. The van der Waals surface area contributed by atoms with E-state index in [1.807, 2.05) is 30.3 Å². The van der Waals surface area contributed by atoms with Crippen LogP contribution in [0, 0.1) is 0 Å². The topological polar surface area (TPSA) is 95.5 Å². The minimum atomic E-state index is -0.584. The van der Waals surface area contributed by atoms with Crippen molar-refractivity contribution in [1.82, 2.24) is 5.43 Å². The highest BCUT2D eigenvalue weighted by Crippen LogP contribution is 2.30. The van der Waals surface area contributed by atoms with Crippen molar-refractivity contribution in [3.05, 3.63) is 95.6 Å². The second-order valence-corrected chi connectivity index (χ2v) is 7.56. The molecule has 0 fully saturated rings. The number of benzene rings is 4. The van der Waals surface area contributed by atoms with Gasteiger partial charge in [-0.05, 0) is 47.2 Å². The normalized spacial score (nSPS) is 10.8. The van der Waals surface area contributed by atoms with E-state index < -0.39 is 11.9 Å². The first kappa shape index (κ1) is 24.3. The standard InChI is InChI=1S/C28H24N2O6/c1-33-23-11-7-6-10-21(23)27(31)30-29-17-22-20-9-5-4-8-18(20)12-14-24(22)36-28(32)19-13-15-25(34-2)26(16-19)35-3/h4-17H,1-3H3,(H,30,31)/b29-17+. The van der Waals surface area contributed by atoms with Gasteiger partial charge in [0.05, 0.1) is 38.7 Å². The van der Waals surface area contributed by atoms with Crippen molar-refractivity contribution in [1.29, 1.82) is 0 Å². The Balaban J connectivity index is 1.63. The second kappa shape index (κ2) is 11.1. The molecule has 4 aromatic carbocycles. The highest BCUT2D eigenvalue weighted by atomic mass is 16.5. The SMILES string of the molecule is COc1ccc(C(=O)Oc2ccc3ccccc3c2/C=N/NC(=O)c2ccccc2OC)cc1OC. The van der Waals surface area contributed by atoms with Crippen LogP contribution in [0.5, 0.6) is 23.0 Å². The zero-order chi connectivity index (χ0) is 25.5. The molecule has 8 nitrogen and oxygen atoms in total. The highest BCUT2D eigenvalue weighted by Gasteiger charge is 2.16. The Hall–Kier alpha value is -4.85. The van der Waals surface area contributed by atoms with E-state index in [1.165, 1.54) is 27.5 Å². The minimum absolute atomic E-state index is 0.281. The van der Waals surface area contributed by atoms with Crippen LogP contribution in [-0.4, -0.2) is 39.4 Å². The van der Waals surface area contributed by atoms with Crippen LogP contribution in [0.4, 0.5) is 0 Å². The molecule has 0 saturated heterocycles. The third-order valence-corrected chi connectivity index (χ3v) is 5.46. The van der Waals surface area contributed by atoms with E-state index in [4.69, 9.17) is 18.9 Å². The molecule has 0 spiro atoms. The fourth-order valence-corrected chi connectivity index (χ4v) is 3.67. The van der Waals surface area contributed by atoms with Gasteiger partial charge in [0.1, 0.15) is 11.5 Å². The Morgan fingerprint density at radius 3 is 2.22 bits per heavy atom. The maximum absolute atomic E-state index is 13.0. The summed E-state index contributed by atoms with van der Waals surface area (Å²) in [7, 11) is 4.50. The van der Waals surface area contributed by atoms with Gasteiger partial charge < -0.3 is 18.9 Å². The summed E-state index contributed by atoms with van der Waals surface area (Å²) in [4.78, 5) is 25.6. The van der Waals surface area contributed by atoms with Crippen LogP contribution in [0.2, 0.25) is 0 Å². The number of rotatable bonds is 8. The molecule has 0 aliphatic rings. The van der Waals surface area contributed by atoms with Crippen LogP contribution in [-0.2, 0) is 0 Å². The molecule has 0 atom stereocenters. The van der Waals surface area contributed by atoms with Gasteiger partial charge in [0.25, 0.3) is 5.91 Å². The van der Waals surface area contributed by atoms with Crippen LogP contribution in [0.1, 0.15) is 26.3 Å². The number of carbonyl (C=O) groups is 2. The van der Waals surface area contributed by atoms with Crippen molar-refractivity contribution in [2.75, 3.05) is 21.3 Å². The zero-order valence-corrected chi connectivity index (χ0v) is 20.0. The lowest BCUT2D eigenvalue weighted by atomic mass is 10.0. The van der Waals surface area contributed by atoms with Crippen molar-refractivity contribution in [2.24, 2.45) is 5.10 Å². The van der Waals surface area contributed by atoms with Gasteiger partial charge in [0, 0.05) is 5.56 Å². The molecule has 4 aromatic rings. The van der Waals surface area contributed by atoms with Crippen LogP contribution in [0.3, 0.4) is 0 Å². The number of hydrogen-bond acceptors (Lipinski definition) is 7. The summed E-state index contributed by atoms with van der Waals surface area (Å²) < 4.78 is 21.5. The van der Waals surface area contributed by atoms with E-state index in [-0.39, 0.29) is 11.3 Å². The summed E-state index contributed by atoms with van der Waals surface area (Å²) in [5.41, 5.74) is 3.66. The molecule has 1 amide bonds. The number of hydrazone groups is 1. The number of hydrogen-bond donors (Lipinski definition) is 1. The Labute approximate surface area is 208 Å². The molecule has 1 N–H and O–H groups in total. The summed E-state index contributed by atoms with van der Waals surface area (Å²) in [6, 6.07) is 22.7. The molecular formula is C28H24N2O6. The van der Waals surface area contributed by atoms with Crippen LogP contribution < -0.4 is 24.4 Å². The zero-order valence-electron chi connectivity index (χ0n) is 20.0. The van der Waals surface area contributed by atoms with Crippen molar-refractivity contribution in [3.63, 3.8) is 0 Å². The summed E-state index contributed by atoms with van der Waals surface area (Å²) in [6.07, 6.45) is 1.45. The van der Waals surface area contributed by atoms with Crippen LogP contribution >= 0.6 is 0 Å². The van der Waals surface area contributed by atoms with Gasteiger partial charge in [-0.3, -0.25) is 4.79 Å². The number of nitrogens with one attached hydrogen (secondary N) is 1. The molecule has 0 radical (unpaired) electrons. The number of ether oxygens (including phenoxy) is 4. The van der Waals surface area contributed by atoms with Crippen LogP contribution in [0.25, 0.3) is 10.8 Å². The third kappa shape index (κ3) is 5.12. The minimum Gasteiger partial charge on any atom is -0.496 e. The van der Waals surface area contributed by atoms with E-state index in [0.717, 1.165) is 10.8 Å².